The number of halogens is 1. The summed E-state index contributed by atoms with van der Waals surface area (Å²) in [6.07, 6.45) is 4.65. The van der Waals surface area contributed by atoms with Crippen LogP contribution in [0, 0.1) is 0 Å². The second-order valence-electron chi connectivity index (χ2n) is 6.44. The summed E-state index contributed by atoms with van der Waals surface area (Å²) in [7, 11) is -0.704. The molecule has 0 radical (unpaired) electrons. The number of amides is 1. The number of rotatable bonds is 7. The Hall–Kier alpha value is -1.15. The molecule has 1 amide bonds. The number of nitrogens with one attached hydrogen (secondary N) is 1. The third-order valence-electron chi connectivity index (χ3n) is 4.35. The highest BCUT2D eigenvalue weighted by atomic mass is 35.5. The molecule has 1 aliphatic heterocycles. The number of carbonyl (C=O) groups excluding carboxylic acids is 1. The van der Waals surface area contributed by atoms with E-state index in [0.29, 0.717) is 6.54 Å². The molecule has 0 bridgehead atoms. The van der Waals surface area contributed by atoms with Gasteiger partial charge in [0.2, 0.25) is 10.0 Å². The van der Waals surface area contributed by atoms with E-state index in [1.807, 2.05) is 0 Å². The van der Waals surface area contributed by atoms with E-state index < -0.39 is 10.0 Å². The van der Waals surface area contributed by atoms with Gasteiger partial charge in [-0.3, -0.25) is 4.79 Å². The Morgan fingerprint density at radius 1 is 1.24 bits per heavy atom. The van der Waals surface area contributed by atoms with Crippen molar-refractivity contribution in [2.75, 3.05) is 40.3 Å². The summed E-state index contributed by atoms with van der Waals surface area (Å²) in [5.41, 5.74) is 0.183. The minimum atomic E-state index is -3.60. The molecule has 140 valence electrons. The molecule has 8 heteroatoms. The maximum atomic E-state index is 12.3. The third kappa shape index (κ3) is 5.41. The first-order valence-electron chi connectivity index (χ1n) is 8.55. The topological polar surface area (TPSA) is 69.7 Å². The second kappa shape index (κ2) is 8.98. The number of hydrogen-bond donors (Lipinski definition) is 1. The number of likely N-dealkylation sites (tertiary alicyclic amines) is 1. The summed E-state index contributed by atoms with van der Waals surface area (Å²) in [5, 5.41) is 3.07. The molecule has 1 saturated heterocycles. The molecule has 1 fully saturated rings. The van der Waals surface area contributed by atoms with Crippen LogP contribution in [0.2, 0.25) is 5.02 Å². The summed E-state index contributed by atoms with van der Waals surface area (Å²) in [5.74, 6) is -0.348. The molecule has 0 aromatic heterocycles. The van der Waals surface area contributed by atoms with Gasteiger partial charge in [0.25, 0.3) is 5.91 Å². The van der Waals surface area contributed by atoms with Crippen molar-refractivity contribution >= 4 is 27.5 Å². The van der Waals surface area contributed by atoms with E-state index >= 15 is 0 Å². The normalized spacial score (nSPS) is 16.2. The van der Waals surface area contributed by atoms with E-state index in [9.17, 15) is 13.2 Å². The maximum absolute atomic E-state index is 12.3. The molecular weight excluding hydrogens is 362 g/mol. The fraction of sp³-hybridized carbons (Fsp3) is 0.588. The van der Waals surface area contributed by atoms with E-state index in [1.165, 1.54) is 51.6 Å². The van der Waals surface area contributed by atoms with E-state index in [4.69, 9.17) is 11.6 Å². The van der Waals surface area contributed by atoms with Gasteiger partial charge < -0.3 is 10.2 Å². The minimum Gasteiger partial charge on any atom is -0.352 e. The highest BCUT2D eigenvalue weighted by molar-refractivity contribution is 7.89. The van der Waals surface area contributed by atoms with Crippen LogP contribution in [0.25, 0.3) is 0 Å². The predicted octanol–water partition coefficient (Wildman–Crippen LogP) is 2.20. The monoisotopic (exact) mass is 387 g/mol. The van der Waals surface area contributed by atoms with Crippen molar-refractivity contribution in [3.63, 3.8) is 0 Å². The fourth-order valence-corrected chi connectivity index (χ4v) is 3.96. The van der Waals surface area contributed by atoms with Crippen molar-refractivity contribution < 1.29 is 13.2 Å². The van der Waals surface area contributed by atoms with Gasteiger partial charge in [-0.05, 0) is 57.1 Å². The van der Waals surface area contributed by atoms with Gasteiger partial charge in [0, 0.05) is 20.6 Å². The first-order chi connectivity index (χ1) is 11.8. The standard InChI is InChI=1S/C17H26ClN3O3S/c1-20(2)25(23,24)14-7-8-16(18)15(13-14)17(22)19-9-6-12-21-10-4-3-5-11-21/h7-8,13H,3-6,9-12H2,1-2H3,(H,19,22). The fourth-order valence-electron chi connectivity index (χ4n) is 2.83. The Morgan fingerprint density at radius 2 is 1.92 bits per heavy atom. The summed E-state index contributed by atoms with van der Waals surface area (Å²) < 4.78 is 25.5. The van der Waals surface area contributed by atoms with Gasteiger partial charge in [0.15, 0.2) is 0 Å². The van der Waals surface area contributed by atoms with Crippen molar-refractivity contribution in [3.05, 3.63) is 28.8 Å². The third-order valence-corrected chi connectivity index (χ3v) is 6.49. The Kier molecular flexibility index (Phi) is 7.25. The lowest BCUT2D eigenvalue weighted by Crippen LogP contribution is -2.33. The number of sulfonamides is 1. The Labute approximate surface area is 155 Å². The zero-order valence-corrected chi connectivity index (χ0v) is 16.4. The van der Waals surface area contributed by atoms with Crippen LogP contribution >= 0.6 is 11.6 Å². The molecule has 0 spiro atoms. The van der Waals surface area contributed by atoms with Crippen molar-refractivity contribution in [2.45, 2.75) is 30.6 Å². The highest BCUT2D eigenvalue weighted by Crippen LogP contribution is 2.22. The molecule has 1 aromatic carbocycles. The van der Waals surface area contributed by atoms with Crippen LogP contribution in [-0.2, 0) is 10.0 Å². The van der Waals surface area contributed by atoms with Gasteiger partial charge in [-0.1, -0.05) is 18.0 Å². The van der Waals surface area contributed by atoms with Crippen LogP contribution < -0.4 is 5.32 Å². The van der Waals surface area contributed by atoms with Gasteiger partial charge in [-0.25, -0.2) is 12.7 Å². The zero-order chi connectivity index (χ0) is 18.4. The van der Waals surface area contributed by atoms with Gasteiger partial charge in [0.1, 0.15) is 0 Å². The van der Waals surface area contributed by atoms with Crippen molar-refractivity contribution in [2.24, 2.45) is 0 Å². The average molecular weight is 388 g/mol. The molecule has 0 saturated carbocycles. The lowest BCUT2D eigenvalue weighted by atomic mass is 10.1. The summed E-state index contributed by atoms with van der Waals surface area (Å²) in [6, 6.07) is 4.18. The smallest absolute Gasteiger partial charge is 0.252 e. The Morgan fingerprint density at radius 3 is 2.56 bits per heavy atom. The zero-order valence-electron chi connectivity index (χ0n) is 14.8. The lowest BCUT2D eigenvalue weighted by molar-refractivity contribution is 0.0951. The SMILES string of the molecule is CN(C)S(=O)(=O)c1ccc(Cl)c(C(=O)NCCCN2CCCCC2)c1. The minimum absolute atomic E-state index is 0.0559. The van der Waals surface area contributed by atoms with Crippen molar-refractivity contribution in [1.82, 2.24) is 14.5 Å². The van der Waals surface area contributed by atoms with Gasteiger partial charge >= 0.3 is 0 Å². The molecule has 0 aliphatic carbocycles. The molecule has 1 N–H and O–H groups in total. The van der Waals surface area contributed by atoms with Gasteiger partial charge in [0.05, 0.1) is 15.5 Å². The molecule has 25 heavy (non-hydrogen) atoms. The average Bonchev–Trinajstić information content (AvgIpc) is 2.59. The van der Waals surface area contributed by atoms with Crippen LogP contribution in [0.5, 0.6) is 0 Å². The lowest BCUT2D eigenvalue weighted by Gasteiger charge is -2.26. The number of nitrogens with zero attached hydrogens (tertiary/aromatic N) is 2. The van der Waals surface area contributed by atoms with Crippen LogP contribution in [0.3, 0.4) is 0 Å². The predicted molar refractivity (Wildman–Crippen MR) is 99.6 cm³/mol. The summed E-state index contributed by atoms with van der Waals surface area (Å²) >= 11 is 6.08. The Bertz CT molecular complexity index is 701. The number of hydrogen-bond acceptors (Lipinski definition) is 4. The van der Waals surface area contributed by atoms with Crippen LogP contribution in [0.4, 0.5) is 0 Å². The van der Waals surface area contributed by atoms with Crippen LogP contribution in [0.1, 0.15) is 36.0 Å². The summed E-state index contributed by atoms with van der Waals surface area (Å²) in [6.45, 7) is 3.76. The number of carbonyl (C=O) groups is 1. The second-order valence-corrected chi connectivity index (χ2v) is 9.00. The van der Waals surface area contributed by atoms with Crippen molar-refractivity contribution in [3.8, 4) is 0 Å². The molecule has 0 unspecified atom stereocenters. The summed E-state index contributed by atoms with van der Waals surface area (Å²) in [4.78, 5) is 14.8. The molecular formula is C17H26ClN3O3S. The van der Waals surface area contributed by atoms with E-state index in [-0.39, 0.29) is 21.4 Å². The molecule has 2 rings (SSSR count). The first-order valence-corrected chi connectivity index (χ1v) is 10.4. The first kappa shape index (κ1) is 20.2. The number of piperidine rings is 1. The molecule has 1 aliphatic rings. The van der Waals surface area contributed by atoms with Crippen LogP contribution in [-0.4, -0.2) is 63.8 Å². The van der Waals surface area contributed by atoms with Crippen molar-refractivity contribution in [1.29, 1.82) is 0 Å². The van der Waals surface area contributed by atoms with E-state index in [0.717, 1.165) is 30.4 Å². The number of benzene rings is 1. The largest absolute Gasteiger partial charge is 0.352 e. The molecule has 1 aromatic rings. The van der Waals surface area contributed by atoms with Crippen LogP contribution in [0.15, 0.2) is 23.1 Å². The molecule has 1 heterocycles. The van der Waals surface area contributed by atoms with Gasteiger partial charge in [-0.2, -0.15) is 0 Å². The molecule has 0 atom stereocenters. The Balaban J connectivity index is 1.94. The molecule has 6 nitrogen and oxygen atoms in total. The highest BCUT2D eigenvalue weighted by Gasteiger charge is 2.20. The van der Waals surface area contributed by atoms with Gasteiger partial charge in [-0.15, -0.1) is 0 Å². The maximum Gasteiger partial charge on any atom is 0.252 e. The quantitative estimate of drug-likeness (QED) is 0.728. The van der Waals surface area contributed by atoms with E-state index in [1.54, 1.807) is 0 Å². The van der Waals surface area contributed by atoms with E-state index in [2.05, 4.69) is 10.2 Å².